The van der Waals surface area contributed by atoms with Gasteiger partial charge in [-0.15, -0.1) is 24.8 Å². The minimum Gasteiger partial charge on any atom is -0.493 e. The standard InChI is InChI=1S/C20H25N3O4.2ClH/c1-25-18-9-13(11-21)3-5-16(18)27-17-6-4-14(10-19(17)26-2)20(24)23-15-7-8-22-12-15;;/h3-6,9-10,15,22H,7-8,11-12,21H2,1-2H3,(H,23,24);2*1H/t15-;;/m0../s1. The lowest BCUT2D eigenvalue weighted by atomic mass is 10.1. The van der Waals surface area contributed by atoms with Crippen molar-refractivity contribution >= 4 is 30.7 Å². The third-order valence-corrected chi connectivity index (χ3v) is 4.51. The summed E-state index contributed by atoms with van der Waals surface area (Å²) in [6.07, 6.45) is 0.933. The number of benzene rings is 2. The van der Waals surface area contributed by atoms with E-state index in [0.29, 0.717) is 35.1 Å². The normalized spacial score (nSPS) is 14.9. The van der Waals surface area contributed by atoms with Gasteiger partial charge in [-0.25, -0.2) is 0 Å². The molecule has 1 fully saturated rings. The molecule has 2 aromatic rings. The number of carbonyl (C=O) groups excluding carboxylic acids is 1. The summed E-state index contributed by atoms with van der Waals surface area (Å²) in [5, 5.41) is 6.24. The average Bonchev–Trinajstić information content (AvgIpc) is 3.21. The summed E-state index contributed by atoms with van der Waals surface area (Å²) in [6.45, 7) is 2.13. The SMILES string of the molecule is COc1cc(CN)ccc1Oc1ccc(C(=O)N[C@H]2CCNC2)cc1OC.Cl.Cl. The van der Waals surface area contributed by atoms with Crippen LogP contribution in [-0.4, -0.2) is 39.3 Å². The summed E-state index contributed by atoms with van der Waals surface area (Å²) in [7, 11) is 3.12. The van der Waals surface area contributed by atoms with E-state index in [-0.39, 0.29) is 36.8 Å². The van der Waals surface area contributed by atoms with Crippen LogP contribution in [0.1, 0.15) is 22.3 Å². The van der Waals surface area contributed by atoms with Gasteiger partial charge in [-0.1, -0.05) is 6.07 Å². The van der Waals surface area contributed by atoms with Crippen LogP contribution in [0.3, 0.4) is 0 Å². The molecule has 1 heterocycles. The van der Waals surface area contributed by atoms with Gasteiger partial charge in [0, 0.05) is 24.7 Å². The molecule has 3 rings (SSSR count). The highest BCUT2D eigenvalue weighted by atomic mass is 35.5. The number of amides is 1. The Morgan fingerprint density at radius 2 is 1.72 bits per heavy atom. The molecule has 1 aliphatic rings. The van der Waals surface area contributed by atoms with Gasteiger partial charge < -0.3 is 30.6 Å². The Morgan fingerprint density at radius 1 is 1.07 bits per heavy atom. The number of carbonyl (C=O) groups is 1. The number of hydrogen-bond acceptors (Lipinski definition) is 6. The van der Waals surface area contributed by atoms with Crippen molar-refractivity contribution in [2.45, 2.75) is 19.0 Å². The fraction of sp³-hybridized carbons (Fsp3) is 0.350. The number of ether oxygens (including phenoxy) is 3. The van der Waals surface area contributed by atoms with E-state index in [9.17, 15) is 4.79 Å². The topological polar surface area (TPSA) is 94.8 Å². The molecule has 0 saturated carbocycles. The van der Waals surface area contributed by atoms with Gasteiger partial charge in [-0.2, -0.15) is 0 Å². The second kappa shape index (κ2) is 11.7. The summed E-state index contributed by atoms with van der Waals surface area (Å²) in [6, 6.07) is 10.8. The first-order chi connectivity index (χ1) is 13.1. The van der Waals surface area contributed by atoms with E-state index < -0.39 is 0 Å². The maximum atomic E-state index is 12.4. The molecule has 1 amide bonds. The first-order valence-corrected chi connectivity index (χ1v) is 8.89. The Balaban J connectivity index is 0.00000210. The third kappa shape index (κ3) is 6.14. The van der Waals surface area contributed by atoms with Gasteiger partial charge >= 0.3 is 0 Å². The number of nitrogens with one attached hydrogen (secondary N) is 2. The van der Waals surface area contributed by atoms with Crippen LogP contribution in [0, 0.1) is 0 Å². The van der Waals surface area contributed by atoms with Crippen LogP contribution >= 0.6 is 24.8 Å². The third-order valence-electron chi connectivity index (χ3n) is 4.51. The van der Waals surface area contributed by atoms with Gasteiger partial charge in [0.25, 0.3) is 5.91 Å². The second-order valence-electron chi connectivity index (χ2n) is 6.32. The molecule has 2 aromatic carbocycles. The van der Waals surface area contributed by atoms with Crippen LogP contribution in [0.5, 0.6) is 23.0 Å². The minimum atomic E-state index is -0.126. The summed E-state index contributed by atoms with van der Waals surface area (Å²) < 4.78 is 16.8. The lowest BCUT2D eigenvalue weighted by molar-refractivity contribution is 0.0939. The molecule has 0 spiro atoms. The van der Waals surface area contributed by atoms with Gasteiger partial charge in [-0.05, 0) is 48.9 Å². The van der Waals surface area contributed by atoms with Crippen LogP contribution in [0.4, 0.5) is 0 Å². The molecule has 0 radical (unpaired) electrons. The van der Waals surface area contributed by atoms with Crippen LogP contribution < -0.4 is 30.6 Å². The molecule has 9 heteroatoms. The van der Waals surface area contributed by atoms with E-state index in [4.69, 9.17) is 19.9 Å². The largest absolute Gasteiger partial charge is 0.493 e. The summed E-state index contributed by atoms with van der Waals surface area (Å²) in [5.74, 6) is 1.96. The van der Waals surface area contributed by atoms with E-state index in [1.807, 2.05) is 12.1 Å². The molecule has 1 saturated heterocycles. The molecule has 7 nitrogen and oxygen atoms in total. The molecule has 1 aliphatic heterocycles. The summed E-state index contributed by atoms with van der Waals surface area (Å²) >= 11 is 0. The molecule has 29 heavy (non-hydrogen) atoms. The van der Waals surface area contributed by atoms with Gasteiger partial charge in [-0.3, -0.25) is 4.79 Å². The number of halogens is 2. The molecule has 4 N–H and O–H groups in total. The average molecular weight is 444 g/mol. The van der Waals surface area contributed by atoms with Gasteiger partial charge in [0.2, 0.25) is 0 Å². The highest BCUT2D eigenvalue weighted by Crippen LogP contribution is 2.37. The van der Waals surface area contributed by atoms with E-state index in [0.717, 1.165) is 25.1 Å². The zero-order valence-electron chi connectivity index (χ0n) is 16.4. The lowest BCUT2D eigenvalue weighted by Crippen LogP contribution is -2.36. The Labute approximate surface area is 183 Å². The van der Waals surface area contributed by atoms with Crippen LogP contribution in [0.25, 0.3) is 0 Å². The van der Waals surface area contributed by atoms with Crippen molar-refractivity contribution in [1.29, 1.82) is 0 Å². The fourth-order valence-electron chi connectivity index (χ4n) is 2.98. The van der Waals surface area contributed by atoms with Crippen molar-refractivity contribution in [1.82, 2.24) is 10.6 Å². The second-order valence-corrected chi connectivity index (χ2v) is 6.32. The zero-order chi connectivity index (χ0) is 19.2. The maximum absolute atomic E-state index is 12.4. The molecule has 0 aliphatic carbocycles. The van der Waals surface area contributed by atoms with E-state index >= 15 is 0 Å². The number of rotatable bonds is 7. The number of methoxy groups -OCH3 is 2. The van der Waals surface area contributed by atoms with Crippen molar-refractivity contribution in [3.05, 3.63) is 47.5 Å². The summed E-state index contributed by atoms with van der Waals surface area (Å²) in [5.41, 5.74) is 7.14. The Hall–Kier alpha value is -2.19. The van der Waals surface area contributed by atoms with Crippen molar-refractivity contribution in [3.8, 4) is 23.0 Å². The molecule has 160 valence electrons. The predicted octanol–water partition coefficient (Wildman–Crippen LogP) is 2.89. The van der Waals surface area contributed by atoms with E-state index in [1.54, 1.807) is 38.5 Å². The summed E-state index contributed by atoms with van der Waals surface area (Å²) in [4.78, 5) is 12.4. The molecule has 0 aromatic heterocycles. The molecule has 0 bridgehead atoms. The first-order valence-electron chi connectivity index (χ1n) is 8.89. The molecule has 1 atom stereocenters. The smallest absolute Gasteiger partial charge is 0.251 e. The predicted molar refractivity (Wildman–Crippen MR) is 117 cm³/mol. The maximum Gasteiger partial charge on any atom is 0.251 e. The van der Waals surface area contributed by atoms with Gasteiger partial charge in [0.1, 0.15) is 0 Å². The number of hydrogen-bond donors (Lipinski definition) is 3. The van der Waals surface area contributed by atoms with Crippen molar-refractivity contribution < 1.29 is 19.0 Å². The Bertz CT molecular complexity index is 814. The fourth-order valence-corrected chi connectivity index (χ4v) is 2.98. The lowest BCUT2D eigenvalue weighted by Gasteiger charge is -2.15. The van der Waals surface area contributed by atoms with Crippen LogP contribution in [-0.2, 0) is 6.54 Å². The Morgan fingerprint density at radius 3 is 2.31 bits per heavy atom. The molecule has 0 unspecified atom stereocenters. The van der Waals surface area contributed by atoms with Gasteiger partial charge in [0.05, 0.1) is 14.2 Å². The highest BCUT2D eigenvalue weighted by molar-refractivity contribution is 5.95. The van der Waals surface area contributed by atoms with Crippen molar-refractivity contribution in [3.63, 3.8) is 0 Å². The van der Waals surface area contributed by atoms with Crippen LogP contribution in [0.2, 0.25) is 0 Å². The zero-order valence-corrected chi connectivity index (χ0v) is 18.0. The molecular weight excluding hydrogens is 417 g/mol. The van der Waals surface area contributed by atoms with Crippen molar-refractivity contribution in [2.24, 2.45) is 5.73 Å². The van der Waals surface area contributed by atoms with E-state index in [1.165, 1.54) is 0 Å². The minimum absolute atomic E-state index is 0. The number of nitrogens with two attached hydrogens (primary N) is 1. The quantitative estimate of drug-likeness (QED) is 0.608. The molecular formula is C20H27Cl2N3O4. The monoisotopic (exact) mass is 443 g/mol. The Kier molecular flexibility index (Phi) is 10.0. The highest BCUT2D eigenvalue weighted by Gasteiger charge is 2.19. The van der Waals surface area contributed by atoms with E-state index in [2.05, 4.69) is 10.6 Å². The first kappa shape index (κ1) is 24.8. The van der Waals surface area contributed by atoms with Crippen molar-refractivity contribution in [2.75, 3.05) is 27.3 Å². The van der Waals surface area contributed by atoms with Gasteiger partial charge in [0.15, 0.2) is 23.0 Å². The van der Waals surface area contributed by atoms with Crippen LogP contribution in [0.15, 0.2) is 36.4 Å².